The predicted octanol–water partition coefficient (Wildman–Crippen LogP) is 4.53. The van der Waals surface area contributed by atoms with E-state index in [1.807, 2.05) is 0 Å². The Hall–Kier alpha value is -0.530. The summed E-state index contributed by atoms with van der Waals surface area (Å²) < 4.78 is 0. The Bertz CT molecular complexity index is 370. The molecule has 1 nitrogen and oxygen atoms in total. The summed E-state index contributed by atoms with van der Waals surface area (Å²) >= 11 is 0. The zero-order chi connectivity index (χ0) is 12.3. The summed E-state index contributed by atoms with van der Waals surface area (Å²) in [6, 6.07) is 11.2. The highest BCUT2D eigenvalue weighted by atomic mass is 35.5. The Kier molecular flexibility index (Phi) is 5.29. The second-order valence-corrected chi connectivity index (χ2v) is 6.34. The van der Waals surface area contributed by atoms with Crippen molar-refractivity contribution in [3.8, 4) is 0 Å². The van der Waals surface area contributed by atoms with E-state index in [1.165, 1.54) is 58.0 Å². The van der Waals surface area contributed by atoms with Crippen molar-refractivity contribution in [1.29, 1.82) is 0 Å². The molecule has 0 radical (unpaired) electrons. The molecule has 1 unspecified atom stereocenters. The van der Waals surface area contributed by atoms with Crippen LogP contribution >= 0.6 is 12.4 Å². The van der Waals surface area contributed by atoms with Crippen molar-refractivity contribution in [2.45, 2.75) is 50.9 Å². The summed E-state index contributed by atoms with van der Waals surface area (Å²) in [6.45, 7) is 2.46. The van der Waals surface area contributed by atoms with Gasteiger partial charge in [-0.2, -0.15) is 0 Å². The Morgan fingerprint density at radius 1 is 1.00 bits per heavy atom. The lowest BCUT2D eigenvalue weighted by Crippen LogP contribution is -2.34. The van der Waals surface area contributed by atoms with Crippen LogP contribution in [0.2, 0.25) is 0 Å². The first kappa shape index (κ1) is 14.9. The van der Waals surface area contributed by atoms with Crippen LogP contribution in [-0.4, -0.2) is 13.1 Å². The van der Waals surface area contributed by atoms with Gasteiger partial charge in [0.1, 0.15) is 0 Å². The van der Waals surface area contributed by atoms with E-state index in [0.29, 0.717) is 5.41 Å². The van der Waals surface area contributed by atoms with E-state index in [-0.39, 0.29) is 12.4 Å². The van der Waals surface area contributed by atoms with Crippen molar-refractivity contribution < 1.29 is 0 Å². The van der Waals surface area contributed by atoms with Crippen molar-refractivity contribution in [3.05, 3.63) is 35.9 Å². The summed E-state index contributed by atoms with van der Waals surface area (Å²) in [5, 5.41) is 3.71. The SMILES string of the molecule is Cl.c1ccc(C2CCNCC3(CCCCC3)C2)cc1. The highest BCUT2D eigenvalue weighted by Crippen LogP contribution is 2.45. The van der Waals surface area contributed by atoms with E-state index < -0.39 is 0 Å². The van der Waals surface area contributed by atoms with Crippen LogP contribution in [0.15, 0.2) is 30.3 Å². The lowest BCUT2D eigenvalue weighted by Gasteiger charge is -2.38. The van der Waals surface area contributed by atoms with E-state index in [9.17, 15) is 0 Å². The summed E-state index contributed by atoms with van der Waals surface area (Å²) in [5.74, 6) is 0.777. The Balaban J connectivity index is 0.00000133. The normalized spacial score (nSPS) is 26.4. The standard InChI is InChI=1S/C17H25N.ClH/c1-3-7-15(8-4-1)16-9-12-18-14-17(13-16)10-5-2-6-11-17;/h1,3-4,7-8,16,18H,2,5-6,9-14H2;1H. The largest absolute Gasteiger partial charge is 0.316 e. The van der Waals surface area contributed by atoms with Gasteiger partial charge in [0.05, 0.1) is 0 Å². The molecule has 2 heteroatoms. The van der Waals surface area contributed by atoms with E-state index in [1.54, 1.807) is 5.56 Å². The van der Waals surface area contributed by atoms with Gasteiger partial charge in [-0.05, 0) is 49.1 Å². The molecule has 2 aliphatic rings. The first-order valence-electron chi connectivity index (χ1n) is 7.64. The van der Waals surface area contributed by atoms with Crippen LogP contribution in [0.5, 0.6) is 0 Å². The van der Waals surface area contributed by atoms with Crippen LogP contribution in [0, 0.1) is 5.41 Å². The maximum Gasteiger partial charge on any atom is 0.000803 e. The van der Waals surface area contributed by atoms with Gasteiger partial charge in [-0.15, -0.1) is 12.4 Å². The van der Waals surface area contributed by atoms with Gasteiger partial charge in [0.2, 0.25) is 0 Å². The minimum atomic E-state index is 0. The van der Waals surface area contributed by atoms with Crippen LogP contribution in [0.25, 0.3) is 0 Å². The molecule has 1 aromatic rings. The number of benzene rings is 1. The maximum absolute atomic E-state index is 3.71. The first-order chi connectivity index (χ1) is 8.88. The summed E-state index contributed by atoms with van der Waals surface area (Å²) in [4.78, 5) is 0. The lowest BCUT2D eigenvalue weighted by atomic mass is 9.68. The molecule has 0 bridgehead atoms. The van der Waals surface area contributed by atoms with Crippen molar-refractivity contribution in [2.24, 2.45) is 5.41 Å². The number of hydrogen-bond donors (Lipinski definition) is 1. The average Bonchev–Trinajstić information content (AvgIpc) is 2.64. The van der Waals surface area contributed by atoms with Gasteiger partial charge in [-0.25, -0.2) is 0 Å². The minimum absolute atomic E-state index is 0. The fourth-order valence-electron chi connectivity index (χ4n) is 4.02. The minimum Gasteiger partial charge on any atom is -0.316 e. The highest BCUT2D eigenvalue weighted by molar-refractivity contribution is 5.85. The number of nitrogens with one attached hydrogen (secondary N) is 1. The molecule has 1 heterocycles. The Morgan fingerprint density at radius 3 is 2.47 bits per heavy atom. The monoisotopic (exact) mass is 279 g/mol. The van der Waals surface area contributed by atoms with Crippen molar-refractivity contribution in [1.82, 2.24) is 5.32 Å². The zero-order valence-electron chi connectivity index (χ0n) is 11.7. The predicted molar refractivity (Wildman–Crippen MR) is 84.1 cm³/mol. The summed E-state index contributed by atoms with van der Waals surface area (Å²) in [7, 11) is 0. The molecule has 19 heavy (non-hydrogen) atoms. The van der Waals surface area contributed by atoms with Crippen molar-refractivity contribution >= 4 is 12.4 Å². The van der Waals surface area contributed by atoms with Crippen LogP contribution < -0.4 is 5.32 Å². The van der Waals surface area contributed by atoms with Gasteiger partial charge in [-0.1, -0.05) is 49.6 Å². The molecule has 106 valence electrons. The second kappa shape index (κ2) is 6.76. The fraction of sp³-hybridized carbons (Fsp3) is 0.647. The van der Waals surface area contributed by atoms with E-state index >= 15 is 0 Å². The molecule has 1 N–H and O–H groups in total. The summed E-state index contributed by atoms with van der Waals surface area (Å²) in [6.07, 6.45) is 9.96. The van der Waals surface area contributed by atoms with Crippen molar-refractivity contribution in [2.75, 3.05) is 13.1 Å². The topological polar surface area (TPSA) is 12.0 Å². The third-order valence-corrected chi connectivity index (χ3v) is 5.03. The zero-order valence-corrected chi connectivity index (χ0v) is 12.6. The highest BCUT2D eigenvalue weighted by Gasteiger charge is 2.36. The van der Waals surface area contributed by atoms with Crippen LogP contribution in [0.3, 0.4) is 0 Å². The average molecular weight is 280 g/mol. The molecule has 0 aromatic heterocycles. The summed E-state index contributed by atoms with van der Waals surface area (Å²) in [5.41, 5.74) is 2.17. The third-order valence-electron chi connectivity index (χ3n) is 5.03. The maximum atomic E-state index is 3.71. The van der Waals surface area contributed by atoms with Gasteiger partial charge in [0.25, 0.3) is 0 Å². The van der Waals surface area contributed by atoms with Gasteiger partial charge < -0.3 is 5.32 Å². The van der Waals surface area contributed by atoms with Crippen LogP contribution in [0.4, 0.5) is 0 Å². The molecular weight excluding hydrogens is 254 g/mol. The molecule has 1 spiro atoms. The van der Waals surface area contributed by atoms with Gasteiger partial charge in [0.15, 0.2) is 0 Å². The Labute approximate surface area is 123 Å². The molecule has 1 aliphatic heterocycles. The van der Waals surface area contributed by atoms with Gasteiger partial charge >= 0.3 is 0 Å². The number of hydrogen-bond acceptors (Lipinski definition) is 1. The molecule has 2 fully saturated rings. The van der Waals surface area contributed by atoms with Crippen LogP contribution in [0.1, 0.15) is 56.4 Å². The second-order valence-electron chi connectivity index (χ2n) is 6.34. The quantitative estimate of drug-likeness (QED) is 0.797. The molecule has 1 aliphatic carbocycles. The van der Waals surface area contributed by atoms with Crippen LogP contribution in [-0.2, 0) is 0 Å². The molecule has 1 saturated heterocycles. The molecule has 0 amide bonds. The van der Waals surface area contributed by atoms with Gasteiger partial charge in [0, 0.05) is 6.54 Å². The molecule has 1 saturated carbocycles. The van der Waals surface area contributed by atoms with E-state index in [2.05, 4.69) is 35.6 Å². The first-order valence-corrected chi connectivity index (χ1v) is 7.64. The van der Waals surface area contributed by atoms with E-state index in [4.69, 9.17) is 0 Å². The van der Waals surface area contributed by atoms with E-state index in [0.717, 1.165) is 5.92 Å². The molecule has 1 atom stereocenters. The third kappa shape index (κ3) is 3.52. The Morgan fingerprint density at radius 2 is 1.74 bits per heavy atom. The fourth-order valence-corrected chi connectivity index (χ4v) is 4.02. The van der Waals surface area contributed by atoms with Gasteiger partial charge in [-0.3, -0.25) is 0 Å². The lowest BCUT2D eigenvalue weighted by molar-refractivity contribution is 0.168. The smallest absolute Gasteiger partial charge is 0.000803 e. The molecule has 1 aromatic carbocycles. The molecule has 3 rings (SSSR count). The number of rotatable bonds is 1. The van der Waals surface area contributed by atoms with Crippen molar-refractivity contribution in [3.63, 3.8) is 0 Å². The molecular formula is C17H26ClN. The number of halogens is 1.